The van der Waals surface area contributed by atoms with Crippen molar-refractivity contribution in [3.05, 3.63) is 24.3 Å². The number of ketones is 1. The molecule has 0 bridgehead atoms. The summed E-state index contributed by atoms with van der Waals surface area (Å²) in [6.07, 6.45) is 9.54. The monoisotopic (exact) mass is 148 g/mol. The summed E-state index contributed by atoms with van der Waals surface area (Å²) in [7, 11) is 0. The van der Waals surface area contributed by atoms with E-state index in [0.717, 1.165) is 6.42 Å². The van der Waals surface area contributed by atoms with E-state index in [1.54, 1.807) is 6.92 Å². The minimum absolute atomic E-state index is 0.344. The maximum absolute atomic E-state index is 11.0. The second kappa shape index (κ2) is 2.33. The lowest BCUT2D eigenvalue weighted by molar-refractivity contribution is -0.118. The lowest BCUT2D eigenvalue weighted by Crippen LogP contribution is -1.95. The predicted octanol–water partition coefficient (Wildman–Crippen LogP) is 1.95. The molecule has 1 heteroatoms. The van der Waals surface area contributed by atoms with E-state index in [1.807, 2.05) is 0 Å². The fraction of sp³-hybridized carbons (Fsp3) is 0.500. The number of hydrogen-bond donors (Lipinski definition) is 0. The molecular weight excluding hydrogens is 136 g/mol. The van der Waals surface area contributed by atoms with Gasteiger partial charge in [-0.25, -0.2) is 0 Å². The maximum Gasteiger partial charge on any atom is 0.133 e. The molecule has 58 valence electrons. The molecule has 11 heavy (non-hydrogen) atoms. The Hall–Kier alpha value is -0.850. The molecule has 0 N–H and O–H groups in total. The summed E-state index contributed by atoms with van der Waals surface area (Å²) in [5.74, 6) is 1.89. The van der Waals surface area contributed by atoms with E-state index in [0.29, 0.717) is 23.5 Å². The van der Waals surface area contributed by atoms with Crippen LogP contribution in [-0.4, -0.2) is 5.78 Å². The van der Waals surface area contributed by atoms with E-state index in [-0.39, 0.29) is 0 Å². The van der Waals surface area contributed by atoms with Gasteiger partial charge in [0.2, 0.25) is 0 Å². The van der Waals surface area contributed by atoms with Gasteiger partial charge in [-0.3, -0.25) is 4.79 Å². The maximum atomic E-state index is 11.0. The number of hydrogen-bond acceptors (Lipinski definition) is 1. The fourth-order valence-electron chi connectivity index (χ4n) is 2.05. The van der Waals surface area contributed by atoms with Gasteiger partial charge in [0.05, 0.1) is 0 Å². The molecule has 1 nitrogen and oxygen atoms in total. The molecule has 0 heterocycles. The van der Waals surface area contributed by atoms with Crippen molar-refractivity contribution in [1.29, 1.82) is 0 Å². The summed E-state index contributed by atoms with van der Waals surface area (Å²) in [6, 6.07) is 0. The zero-order valence-electron chi connectivity index (χ0n) is 6.66. The van der Waals surface area contributed by atoms with E-state index < -0.39 is 0 Å². The average Bonchev–Trinajstić information content (AvgIpc) is 2.57. The van der Waals surface area contributed by atoms with E-state index in [9.17, 15) is 4.79 Å². The standard InChI is InChI=1S/C10H12O/c1-7(11)10-8-5-3-2-4-6-9(8)10/h2-5,8-10H,6H2,1H3. The zero-order valence-corrected chi connectivity index (χ0v) is 6.66. The number of rotatable bonds is 1. The van der Waals surface area contributed by atoms with E-state index in [4.69, 9.17) is 0 Å². The van der Waals surface area contributed by atoms with E-state index >= 15 is 0 Å². The third-order valence-electron chi connectivity index (χ3n) is 2.69. The fourth-order valence-corrected chi connectivity index (χ4v) is 2.05. The molecule has 0 aromatic heterocycles. The predicted molar refractivity (Wildman–Crippen MR) is 44.0 cm³/mol. The summed E-state index contributed by atoms with van der Waals surface area (Å²) >= 11 is 0. The molecule has 0 saturated heterocycles. The van der Waals surface area contributed by atoms with Crippen LogP contribution in [0.4, 0.5) is 0 Å². The van der Waals surface area contributed by atoms with Crippen LogP contribution in [0.1, 0.15) is 13.3 Å². The molecule has 3 atom stereocenters. The van der Waals surface area contributed by atoms with Gasteiger partial charge in [-0.05, 0) is 25.2 Å². The summed E-state index contributed by atoms with van der Waals surface area (Å²) < 4.78 is 0. The summed E-state index contributed by atoms with van der Waals surface area (Å²) in [4.78, 5) is 11.0. The van der Waals surface area contributed by atoms with Crippen molar-refractivity contribution in [2.75, 3.05) is 0 Å². The van der Waals surface area contributed by atoms with Crippen molar-refractivity contribution in [3.63, 3.8) is 0 Å². The highest BCUT2D eigenvalue weighted by molar-refractivity contribution is 5.82. The van der Waals surface area contributed by atoms with Crippen LogP contribution in [0.3, 0.4) is 0 Å². The van der Waals surface area contributed by atoms with Crippen LogP contribution in [0.5, 0.6) is 0 Å². The second-order valence-electron chi connectivity index (χ2n) is 3.43. The lowest BCUT2D eigenvalue weighted by atomic mass is 10.2. The van der Waals surface area contributed by atoms with E-state index in [1.165, 1.54) is 0 Å². The molecule has 3 unspecified atom stereocenters. The van der Waals surface area contributed by atoms with Crippen molar-refractivity contribution in [2.45, 2.75) is 13.3 Å². The highest BCUT2D eigenvalue weighted by Gasteiger charge is 2.50. The van der Waals surface area contributed by atoms with Gasteiger partial charge < -0.3 is 0 Å². The third-order valence-corrected chi connectivity index (χ3v) is 2.69. The van der Waals surface area contributed by atoms with Crippen molar-refractivity contribution in [3.8, 4) is 0 Å². The summed E-state index contributed by atoms with van der Waals surface area (Å²) in [6.45, 7) is 1.71. The van der Waals surface area contributed by atoms with Gasteiger partial charge in [-0.1, -0.05) is 24.3 Å². The Morgan fingerprint density at radius 1 is 1.45 bits per heavy atom. The Labute approximate surface area is 66.8 Å². The first-order valence-electron chi connectivity index (χ1n) is 4.14. The van der Waals surface area contributed by atoms with Gasteiger partial charge >= 0.3 is 0 Å². The molecule has 1 saturated carbocycles. The SMILES string of the molecule is CC(=O)C1C2C=CC=CCC21. The van der Waals surface area contributed by atoms with Crippen LogP contribution in [0.2, 0.25) is 0 Å². The zero-order chi connectivity index (χ0) is 7.84. The number of fused-ring (bicyclic) bond motifs is 1. The van der Waals surface area contributed by atoms with Crippen molar-refractivity contribution in [2.24, 2.45) is 17.8 Å². The first-order valence-corrected chi connectivity index (χ1v) is 4.14. The van der Waals surface area contributed by atoms with Gasteiger partial charge in [0, 0.05) is 5.92 Å². The number of Topliss-reactive ketones (excluding diaryl/α,β-unsaturated/α-hetero) is 1. The summed E-state index contributed by atoms with van der Waals surface area (Å²) in [5.41, 5.74) is 0. The number of carbonyl (C=O) groups excluding carboxylic acids is 1. The van der Waals surface area contributed by atoms with Crippen LogP contribution >= 0.6 is 0 Å². The Morgan fingerprint density at radius 2 is 2.27 bits per heavy atom. The highest BCUT2D eigenvalue weighted by atomic mass is 16.1. The van der Waals surface area contributed by atoms with Crippen molar-refractivity contribution < 1.29 is 4.79 Å². The Balaban J connectivity index is 2.10. The van der Waals surface area contributed by atoms with Crippen LogP contribution in [0.25, 0.3) is 0 Å². The largest absolute Gasteiger partial charge is 0.300 e. The molecule has 0 radical (unpaired) electrons. The minimum atomic E-state index is 0.344. The smallest absolute Gasteiger partial charge is 0.133 e. The lowest BCUT2D eigenvalue weighted by Gasteiger charge is -1.88. The Morgan fingerprint density at radius 3 is 3.00 bits per heavy atom. The molecule has 0 aliphatic heterocycles. The molecule has 0 amide bonds. The van der Waals surface area contributed by atoms with Crippen LogP contribution in [-0.2, 0) is 4.79 Å². The van der Waals surface area contributed by atoms with Crippen LogP contribution in [0, 0.1) is 17.8 Å². The topological polar surface area (TPSA) is 17.1 Å². The Bertz CT molecular complexity index is 237. The average molecular weight is 148 g/mol. The summed E-state index contributed by atoms with van der Waals surface area (Å²) in [5, 5.41) is 0. The molecule has 1 fully saturated rings. The molecule has 0 aromatic carbocycles. The van der Waals surface area contributed by atoms with Gasteiger partial charge in [0.15, 0.2) is 0 Å². The van der Waals surface area contributed by atoms with E-state index in [2.05, 4.69) is 24.3 Å². The quantitative estimate of drug-likeness (QED) is 0.555. The molecule has 2 aliphatic rings. The van der Waals surface area contributed by atoms with Gasteiger partial charge in [0.1, 0.15) is 5.78 Å². The molecule has 0 aromatic rings. The first-order chi connectivity index (χ1) is 5.30. The van der Waals surface area contributed by atoms with Gasteiger partial charge in [-0.2, -0.15) is 0 Å². The Kier molecular flexibility index (Phi) is 1.45. The number of carbonyl (C=O) groups is 1. The second-order valence-corrected chi connectivity index (χ2v) is 3.43. The van der Waals surface area contributed by atoms with Crippen LogP contribution in [0.15, 0.2) is 24.3 Å². The molecule has 2 rings (SSSR count). The number of allylic oxidation sites excluding steroid dienone is 4. The molecular formula is C10H12O. The third kappa shape index (κ3) is 1.05. The first kappa shape index (κ1) is 6.84. The highest BCUT2D eigenvalue weighted by Crippen LogP contribution is 2.51. The van der Waals surface area contributed by atoms with Gasteiger partial charge in [0.25, 0.3) is 0 Å². The van der Waals surface area contributed by atoms with Gasteiger partial charge in [-0.15, -0.1) is 0 Å². The normalized spacial score (nSPS) is 39.5. The van der Waals surface area contributed by atoms with Crippen molar-refractivity contribution >= 4 is 5.78 Å². The van der Waals surface area contributed by atoms with Crippen LogP contribution < -0.4 is 0 Å². The minimum Gasteiger partial charge on any atom is -0.300 e. The molecule has 0 spiro atoms. The molecule has 2 aliphatic carbocycles. The van der Waals surface area contributed by atoms with Crippen molar-refractivity contribution in [1.82, 2.24) is 0 Å².